The summed E-state index contributed by atoms with van der Waals surface area (Å²) >= 11 is 0. The lowest BCUT2D eigenvalue weighted by Crippen LogP contribution is -2.26. The van der Waals surface area contributed by atoms with Crippen LogP contribution in [-0.4, -0.2) is 42.1 Å². The van der Waals surface area contributed by atoms with E-state index in [2.05, 4.69) is 20.9 Å². The van der Waals surface area contributed by atoms with Crippen LogP contribution < -0.4 is 21.1 Å². The molecule has 1 amide bonds. The summed E-state index contributed by atoms with van der Waals surface area (Å²) in [6.07, 6.45) is 3.90. The van der Waals surface area contributed by atoms with Crippen LogP contribution in [0.1, 0.15) is 22.3 Å². The summed E-state index contributed by atoms with van der Waals surface area (Å²) < 4.78 is 35.8. The summed E-state index contributed by atoms with van der Waals surface area (Å²) in [5, 5.41) is 9.61. The first-order chi connectivity index (χ1) is 18.8. The predicted octanol–water partition coefficient (Wildman–Crippen LogP) is 4.27. The van der Waals surface area contributed by atoms with E-state index in [1.54, 1.807) is 30.6 Å². The SMILES string of the molecule is COc1cccc(F)c1-c1nc(-c2ccc(-c3cnccc3C#N)cc2N2CC[C@H](N)C2)cc(C(N)=O)c1F. The fraction of sp³-hybridized carbons (Fsp3) is 0.172. The third kappa shape index (κ3) is 4.76. The standard InChI is InChI=1S/C29H24F2N6O2/c1-39-25-4-2-3-22(30)26(25)28-27(31)20(29(34)38)12-23(36-28)19-6-5-16(21-14-35-9-7-17(21)13-32)11-24(19)37-10-8-18(33)15-37/h2-7,9,11-12,14,18H,8,10,15,33H2,1H3,(H2,34,38)/t18-/m0/s1. The number of hydrogen-bond acceptors (Lipinski definition) is 7. The van der Waals surface area contributed by atoms with Gasteiger partial charge in [-0.1, -0.05) is 18.2 Å². The van der Waals surface area contributed by atoms with E-state index in [4.69, 9.17) is 16.2 Å². The van der Waals surface area contributed by atoms with Crippen LogP contribution in [-0.2, 0) is 0 Å². The number of pyridine rings is 2. The molecule has 8 nitrogen and oxygen atoms in total. The number of aromatic nitrogens is 2. The molecular formula is C29H24F2N6O2. The molecule has 0 radical (unpaired) electrons. The first-order valence-electron chi connectivity index (χ1n) is 12.1. The Morgan fingerprint density at radius 2 is 2.00 bits per heavy atom. The molecule has 0 unspecified atom stereocenters. The highest BCUT2D eigenvalue weighted by atomic mass is 19.1. The number of amides is 1. The van der Waals surface area contributed by atoms with Gasteiger partial charge in [-0.25, -0.2) is 13.8 Å². The number of anilines is 1. The van der Waals surface area contributed by atoms with Gasteiger partial charge in [0, 0.05) is 48.3 Å². The normalized spacial score (nSPS) is 14.7. The Balaban J connectivity index is 1.77. The minimum absolute atomic E-state index is 0.0515. The van der Waals surface area contributed by atoms with Gasteiger partial charge < -0.3 is 21.1 Å². The number of nitrogens with zero attached hydrogens (tertiary/aromatic N) is 4. The van der Waals surface area contributed by atoms with Gasteiger partial charge in [-0.15, -0.1) is 0 Å². The quantitative estimate of drug-likeness (QED) is 0.384. The summed E-state index contributed by atoms with van der Waals surface area (Å²) in [7, 11) is 1.33. The summed E-state index contributed by atoms with van der Waals surface area (Å²) in [6, 6.07) is 14.5. The molecule has 10 heteroatoms. The van der Waals surface area contributed by atoms with E-state index >= 15 is 4.39 Å². The van der Waals surface area contributed by atoms with E-state index in [9.17, 15) is 14.4 Å². The van der Waals surface area contributed by atoms with Crippen molar-refractivity contribution in [2.45, 2.75) is 12.5 Å². The van der Waals surface area contributed by atoms with Crippen LogP contribution in [0.2, 0.25) is 0 Å². The van der Waals surface area contributed by atoms with Crippen LogP contribution in [0.5, 0.6) is 5.75 Å². The van der Waals surface area contributed by atoms with Crippen molar-refractivity contribution in [3.63, 3.8) is 0 Å². The second-order valence-corrected chi connectivity index (χ2v) is 9.16. The Morgan fingerprint density at radius 3 is 2.69 bits per heavy atom. The number of ether oxygens (including phenoxy) is 1. The highest BCUT2D eigenvalue weighted by molar-refractivity contribution is 5.96. The van der Waals surface area contributed by atoms with Crippen LogP contribution in [0.4, 0.5) is 14.5 Å². The van der Waals surface area contributed by atoms with Crippen molar-refractivity contribution in [2.24, 2.45) is 11.5 Å². The number of nitrogens with two attached hydrogens (primary N) is 2. The minimum Gasteiger partial charge on any atom is -0.496 e. The maximum absolute atomic E-state index is 15.6. The Bertz CT molecular complexity index is 1640. The number of benzene rings is 2. The van der Waals surface area contributed by atoms with Crippen molar-refractivity contribution in [3.05, 3.63) is 83.7 Å². The molecule has 2 aromatic heterocycles. The van der Waals surface area contributed by atoms with Crippen molar-refractivity contribution in [1.29, 1.82) is 5.26 Å². The van der Waals surface area contributed by atoms with Crippen LogP contribution in [0, 0.1) is 23.0 Å². The number of nitriles is 1. The van der Waals surface area contributed by atoms with Gasteiger partial charge in [-0.2, -0.15) is 5.26 Å². The molecule has 4 aromatic rings. The van der Waals surface area contributed by atoms with Crippen LogP contribution in [0.25, 0.3) is 33.6 Å². The first-order valence-corrected chi connectivity index (χ1v) is 12.1. The molecule has 1 aliphatic rings. The fourth-order valence-corrected chi connectivity index (χ4v) is 4.82. The molecule has 0 aliphatic carbocycles. The third-order valence-electron chi connectivity index (χ3n) is 6.75. The third-order valence-corrected chi connectivity index (χ3v) is 6.75. The van der Waals surface area contributed by atoms with Crippen LogP contribution >= 0.6 is 0 Å². The van der Waals surface area contributed by atoms with Gasteiger partial charge in [0.1, 0.15) is 17.3 Å². The monoisotopic (exact) mass is 526 g/mol. The van der Waals surface area contributed by atoms with Gasteiger partial charge in [0.25, 0.3) is 5.91 Å². The zero-order valence-electron chi connectivity index (χ0n) is 21.0. The highest BCUT2D eigenvalue weighted by Crippen LogP contribution is 2.40. The van der Waals surface area contributed by atoms with E-state index in [0.717, 1.165) is 18.1 Å². The zero-order chi connectivity index (χ0) is 27.7. The number of hydrogen-bond donors (Lipinski definition) is 2. The van der Waals surface area contributed by atoms with Crippen molar-refractivity contribution in [3.8, 4) is 45.5 Å². The van der Waals surface area contributed by atoms with Gasteiger partial charge in [-0.05, 0) is 42.3 Å². The second-order valence-electron chi connectivity index (χ2n) is 9.16. The number of halogens is 2. The molecule has 0 spiro atoms. The second kappa shape index (κ2) is 10.5. The molecule has 3 heterocycles. The van der Waals surface area contributed by atoms with E-state index in [1.807, 2.05) is 6.07 Å². The van der Waals surface area contributed by atoms with E-state index in [0.29, 0.717) is 35.5 Å². The van der Waals surface area contributed by atoms with Crippen LogP contribution in [0.15, 0.2) is 60.9 Å². The molecule has 1 atom stereocenters. The molecular weight excluding hydrogens is 502 g/mol. The first kappa shape index (κ1) is 25.8. The van der Waals surface area contributed by atoms with Gasteiger partial charge >= 0.3 is 0 Å². The van der Waals surface area contributed by atoms with Gasteiger partial charge in [0.2, 0.25) is 0 Å². The largest absolute Gasteiger partial charge is 0.496 e. The fourth-order valence-electron chi connectivity index (χ4n) is 4.82. The van der Waals surface area contributed by atoms with Crippen molar-refractivity contribution >= 4 is 11.6 Å². The van der Waals surface area contributed by atoms with E-state index < -0.39 is 28.8 Å². The molecule has 0 bridgehead atoms. The van der Waals surface area contributed by atoms with Gasteiger partial charge in [-0.3, -0.25) is 9.78 Å². The maximum Gasteiger partial charge on any atom is 0.251 e. The summed E-state index contributed by atoms with van der Waals surface area (Å²) in [4.78, 5) is 23.0. The zero-order valence-corrected chi connectivity index (χ0v) is 21.0. The number of primary amides is 1. The molecule has 5 rings (SSSR count). The lowest BCUT2D eigenvalue weighted by molar-refractivity contribution is 0.0996. The van der Waals surface area contributed by atoms with Gasteiger partial charge in [0.15, 0.2) is 5.82 Å². The van der Waals surface area contributed by atoms with Crippen molar-refractivity contribution < 1.29 is 18.3 Å². The topological polar surface area (TPSA) is 131 Å². The summed E-state index contributed by atoms with van der Waals surface area (Å²) in [5.41, 5.74) is 13.9. The average molecular weight is 527 g/mol. The lowest BCUT2D eigenvalue weighted by atomic mass is 9.97. The Kier molecular flexibility index (Phi) is 6.92. The number of rotatable bonds is 6. The Morgan fingerprint density at radius 1 is 1.18 bits per heavy atom. The van der Waals surface area contributed by atoms with E-state index in [1.165, 1.54) is 25.3 Å². The lowest BCUT2D eigenvalue weighted by Gasteiger charge is -2.23. The van der Waals surface area contributed by atoms with Gasteiger partial charge in [0.05, 0.1) is 35.6 Å². The van der Waals surface area contributed by atoms with Crippen molar-refractivity contribution in [2.75, 3.05) is 25.1 Å². The molecule has 2 aromatic carbocycles. The number of carbonyl (C=O) groups is 1. The number of methoxy groups -OCH3 is 1. The van der Waals surface area contributed by atoms with E-state index in [-0.39, 0.29) is 23.0 Å². The predicted molar refractivity (Wildman–Crippen MR) is 143 cm³/mol. The molecule has 1 saturated heterocycles. The average Bonchev–Trinajstić information content (AvgIpc) is 3.38. The molecule has 196 valence electrons. The van der Waals surface area contributed by atoms with Crippen LogP contribution in [0.3, 0.4) is 0 Å². The Labute approximate surface area is 223 Å². The molecule has 39 heavy (non-hydrogen) atoms. The summed E-state index contributed by atoms with van der Waals surface area (Å²) in [5.74, 6) is -2.79. The smallest absolute Gasteiger partial charge is 0.251 e. The maximum atomic E-state index is 15.6. The summed E-state index contributed by atoms with van der Waals surface area (Å²) in [6.45, 7) is 1.19. The molecule has 4 N–H and O–H groups in total. The highest BCUT2D eigenvalue weighted by Gasteiger charge is 2.27. The molecule has 1 aliphatic heterocycles. The molecule has 1 fully saturated rings. The Hall–Kier alpha value is -4.88. The number of carbonyl (C=O) groups excluding carboxylic acids is 1. The minimum atomic E-state index is -1.05. The van der Waals surface area contributed by atoms with Crippen molar-refractivity contribution in [1.82, 2.24) is 9.97 Å². The molecule has 0 saturated carbocycles.